The minimum Gasteiger partial charge on any atom is -0.396 e. The lowest BCUT2D eigenvalue weighted by atomic mass is 10.00. The smallest absolute Gasteiger partial charge is 0.0562 e. The first-order valence-electron chi connectivity index (χ1n) is 6.52. The van der Waals surface area contributed by atoms with E-state index in [0.717, 1.165) is 16.5 Å². The number of hydrogen-bond acceptors (Lipinski definition) is 3. The van der Waals surface area contributed by atoms with Crippen molar-refractivity contribution >= 4 is 35.1 Å². The molecule has 2 aromatic rings. The first-order valence-corrected chi connectivity index (χ1v) is 8.93. The highest BCUT2D eigenvalue weighted by Gasteiger charge is 2.24. The third-order valence-electron chi connectivity index (χ3n) is 3.35. The highest BCUT2D eigenvalue weighted by molar-refractivity contribution is 8.00. The molecule has 0 amide bonds. The summed E-state index contributed by atoms with van der Waals surface area (Å²) in [5.41, 5.74) is 3.99. The number of halogens is 1. The topological polar surface area (TPSA) is 20.2 Å². The Bertz CT molecular complexity index is 615. The Labute approximate surface area is 132 Å². The van der Waals surface area contributed by atoms with E-state index in [1.807, 2.05) is 17.8 Å². The van der Waals surface area contributed by atoms with Gasteiger partial charge in [-0.15, -0.1) is 23.5 Å². The first-order chi connectivity index (χ1) is 9.79. The normalized spacial score (nSPS) is 17.2. The summed E-state index contributed by atoms with van der Waals surface area (Å²) in [5.74, 6) is 1.72. The molecule has 1 N–H and O–H groups in total. The average molecular weight is 323 g/mol. The molecule has 0 fully saturated rings. The fourth-order valence-corrected chi connectivity index (χ4v) is 4.91. The van der Waals surface area contributed by atoms with Crippen molar-refractivity contribution in [1.82, 2.24) is 0 Å². The van der Waals surface area contributed by atoms with Crippen molar-refractivity contribution in [2.75, 3.05) is 12.4 Å². The van der Waals surface area contributed by atoms with Gasteiger partial charge in [-0.1, -0.05) is 35.9 Å². The van der Waals surface area contributed by atoms with Gasteiger partial charge in [-0.2, -0.15) is 0 Å². The summed E-state index contributed by atoms with van der Waals surface area (Å²) < 4.78 is 0. The second kappa shape index (κ2) is 6.44. The number of rotatable bonds is 3. The van der Waals surface area contributed by atoms with Crippen LogP contribution in [-0.2, 0) is 5.75 Å². The van der Waals surface area contributed by atoms with Gasteiger partial charge >= 0.3 is 0 Å². The second-order valence-corrected chi connectivity index (χ2v) is 7.31. The highest BCUT2D eigenvalue weighted by atomic mass is 35.5. The zero-order valence-corrected chi connectivity index (χ0v) is 13.3. The van der Waals surface area contributed by atoms with Crippen molar-refractivity contribution < 1.29 is 5.11 Å². The molecule has 20 heavy (non-hydrogen) atoms. The number of aliphatic hydroxyl groups is 1. The molecular formula is C16H15ClOS2. The molecule has 0 aliphatic carbocycles. The van der Waals surface area contributed by atoms with E-state index in [0.29, 0.717) is 0 Å². The predicted molar refractivity (Wildman–Crippen MR) is 88.8 cm³/mol. The number of hydrogen-bond donors (Lipinski definition) is 1. The first kappa shape index (κ1) is 14.3. The Morgan fingerprint density at radius 3 is 2.90 bits per heavy atom. The van der Waals surface area contributed by atoms with Gasteiger partial charge in [0, 0.05) is 21.4 Å². The van der Waals surface area contributed by atoms with Gasteiger partial charge in [0.1, 0.15) is 0 Å². The minimum absolute atomic E-state index is 0.201. The van der Waals surface area contributed by atoms with Gasteiger partial charge in [0.05, 0.1) is 11.9 Å². The van der Waals surface area contributed by atoms with Gasteiger partial charge in [-0.05, 0) is 34.9 Å². The van der Waals surface area contributed by atoms with Crippen molar-refractivity contribution in [3.05, 3.63) is 64.2 Å². The van der Waals surface area contributed by atoms with Crippen LogP contribution in [0.25, 0.3) is 0 Å². The summed E-state index contributed by atoms with van der Waals surface area (Å²) in [4.78, 5) is 1.29. The third kappa shape index (κ3) is 2.86. The molecule has 1 aliphatic heterocycles. The van der Waals surface area contributed by atoms with Gasteiger partial charge in [-0.25, -0.2) is 0 Å². The minimum atomic E-state index is 0.201. The fourth-order valence-electron chi connectivity index (χ4n) is 2.45. The molecule has 1 atom stereocenters. The quantitative estimate of drug-likeness (QED) is 0.879. The molecule has 0 radical (unpaired) electrons. The van der Waals surface area contributed by atoms with Gasteiger partial charge in [0.25, 0.3) is 0 Å². The van der Waals surface area contributed by atoms with Crippen LogP contribution in [0.4, 0.5) is 0 Å². The third-order valence-corrected chi connectivity index (χ3v) is 5.98. The van der Waals surface area contributed by atoms with Crippen molar-refractivity contribution in [1.29, 1.82) is 0 Å². The lowest BCUT2D eigenvalue weighted by Gasteiger charge is -2.19. The molecule has 0 bridgehead atoms. The van der Waals surface area contributed by atoms with Crippen LogP contribution in [0.1, 0.15) is 21.9 Å². The maximum absolute atomic E-state index is 9.17. The van der Waals surface area contributed by atoms with Gasteiger partial charge < -0.3 is 5.11 Å². The highest BCUT2D eigenvalue weighted by Crippen LogP contribution is 2.46. The van der Waals surface area contributed by atoms with Gasteiger partial charge in [0.2, 0.25) is 0 Å². The molecule has 1 unspecified atom stereocenters. The van der Waals surface area contributed by atoms with E-state index in [1.54, 1.807) is 11.8 Å². The van der Waals surface area contributed by atoms with Gasteiger partial charge in [0.15, 0.2) is 0 Å². The van der Waals surface area contributed by atoms with Crippen LogP contribution in [0.2, 0.25) is 5.02 Å². The average Bonchev–Trinajstić information content (AvgIpc) is 2.62. The van der Waals surface area contributed by atoms with Crippen LogP contribution in [0.5, 0.6) is 0 Å². The Hall–Kier alpha value is -0.610. The van der Waals surface area contributed by atoms with Crippen molar-refractivity contribution in [2.24, 2.45) is 0 Å². The molecule has 1 nitrogen and oxygen atoms in total. The zero-order valence-electron chi connectivity index (χ0n) is 10.9. The molecule has 3 rings (SSSR count). The van der Waals surface area contributed by atoms with Gasteiger partial charge in [-0.3, -0.25) is 0 Å². The van der Waals surface area contributed by atoms with Crippen LogP contribution in [0.15, 0.2) is 47.4 Å². The van der Waals surface area contributed by atoms with Crippen molar-refractivity contribution in [3.8, 4) is 0 Å². The number of aliphatic hydroxyl groups excluding tert-OH is 1. The second-order valence-electron chi connectivity index (χ2n) is 4.64. The molecule has 0 aromatic heterocycles. The lowest BCUT2D eigenvalue weighted by molar-refractivity contribution is 0.322. The van der Waals surface area contributed by atoms with E-state index in [9.17, 15) is 0 Å². The van der Waals surface area contributed by atoms with E-state index in [4.69, 9.17) is 16.7 Å². The van der Waals surface area contributed by atoms with Crippen LogP contribution in [0.3, 0.4) is 0 Å². The maximum Gasteiger partial charge on any atom is 0.0562 e. The Kier molecular flexibility index (Phi) is 4.61. The monoisotopic (exact) mass is 322 g/mol. The molecular weight excluding hydrogens is 308 g/mol. The molecule has 0 saturated heterocycles. The largest absolute Gasteiger partial charge is 0.396 e. The Balaban J connectivity index is 2.10. The summed E-state index contributed by atoms with van der Waals surface area (Å²) in [5, 5.41) is 10.2. The Morgan fingerprint density at radius 2 is 2.05 bits per heavy atom. The zero-order chi connectivity index (χ0) is 13.9. The number of fused-ring (bicyclic) bond motifs is 2. The van der Waals surface area contributed by atoms with E-state index in [-0.39, 0.29) is 11.9 Å². The van der Waals surface area contributed by atoms with Crippen LogP contribution in [-0.4, -0.2) is 17.5 Å². The molecule has 2 aromatic carbocycles. The molecule has 0 saturated carbocycles. The summed E-state index contributed by atoms with van der Waals surface area (Å²) in [7, 11) is 0. The van der Waals surface area contributed by atoms with E-state index < -0.39 is 0 Å². The molecule has 1 aliphatic rings. The van der Waals surface area contributed by atoms with Crippen LogP contribution in [0, 0.1) is 0 Å². The molecule has 4 heteroatoms. The van der Waals surface area contributed by atoms with Crippen LogP contribution >= 0.6 is 35.1 Å². The van der Waals surface area contributed by atoms with E-state index in [2.05, 4.69) is 36.4 Å². The SMILES string of the molecule is OCCSC1c2ccccc2CSc2ccc(Cl)cc21. The summed E-state index contributed by atoms with van der Waals surface area (Å²) in [6.07, 6.45) is 0. The fraction of sp³-hybridized carbons (Fsp3) is 0.250. The number of thioether (sulfide) groups is 2. The lowest BCUT2D eigenvalue weighted by Crippen LogP contribution is -2.02. The van der Waals surface area contributed by atoms with Crippen LogP contribution < -0.4 is 0 Å². The van der Waals surface area contributed by atoms with Crippen molar-refractivity contribution in [3.63, 3.8) is 0 Å². The Morgan fingerprint density at radius 1 is 1.20 bits per heavy atom. The van der Waals surface area contributed by atoms with E-state index in [1.165, 1.54) is 21.6 Å². The predicted octanol–water partition coefficient (Wildman–Crippen LogP) is 4.76. The standard InChI is InChI=1S/C16H15ClOS2/c17-12-5-6-15-14(9-12)16(19-8-7-18)13-4-2-1-3-11(13)10-20-15/h1-6,9,16,18H,7-8,10H2. The summed E-state index contributed by atoms with van der Waals surface area (Å²) >= 11 is 9.83. The molecule has 0 spiro atoms. The molecule has 1 heterocycles. The van der Waals surface area contributed by atoms with Crippen molar-refractivity contribution in [2.45, 2.75) is 15.9 Å². The summed E-state index contributed by atoms with van der Waals surface area (Å²) in [6.45, 7) is 0.201. The summed E-state index contributed by atoms with van der Waals surface area (Å²) in [6, 6.07) is 14.7. The maximum atomic E-state index is 9.17. The van der Waals surface area contributed by atoms with E-state index >= 15 is 0 Å². The number of benzene rings is 2. The molecule has 104 valence electrons.